The largest absolute Gasteiger partial charge is 0.449 e. The van der Waals surface area contributed by atoms with Crippen LogP contribution in [0, 0.1) is 10.1 Å². The molecule has 0 saturated carbocycles. The summed E-state index contributed by atoms with van der Waals surface area (Å²) in [5, 5.41) is 11.5. The second-order valence-electron chi connectivity index (χ2n) is 6.32. The Hall–Kier alpha value is -3.03. The minimum absolute atomic E-state index is 0.135. The molecule has 152 valence electrons. The van der Waals surface area contributed by atoms with E-state index < -0.39 is 27.6 Å². The summed E-state index contributed by atoms with van der Waals surface area (Å²) in [5.74, 6) is -1.18. The number of hydrogen-bond donors (Lipinski definition) is 0. The average Bonchev–Trinajstić information content (AvgIpc) is 2.77. The van der Waals surface area contributed by atoms with E-state index >= 15 is 0 Å². The van der Waals surface area contributed by atoms with Crippen molar-refractivity contribution in [2.75, 3.05) is 0 Å². The number of carbonyl (C=O) groups excluding carboxylic acids is 2. The predicted octanol–water partition coefficient (Wildman–Crippen LogP) is 5.79. The smallest absolute Gasteiger partial charge is 0.338 e. The van der Waals surface area contributed by atoms with Crippen LogP contribution in [0.2, 0.25) is 5.02 Å². The predicted molar refractivity (Wildman–Crippen MR) is 116 cm³/mol. The normalized spacial score (nSPS) is 12.6. The summed E-state index contributed by atoms with van der Waals surface area (Å²) in [6.45, 7) is 0. The lowest BCUT2D eigenvalue weighted by Gasteiger charge is -2.22. The molecule has 2 atom stereocenters. The van der Waals surface area contributed by atoms with E-state index in [1.807, 2.05) is 0 Å². The summed E-state index contributed by atoms with van der Waals surface area (Å²) < 4.78 is 5.56. The van der Waals surface area contributed by atoms with Crippen LogP contribution in [0.1, 0.15) is 31.1 Å². The monoisotopic (exact) mass is 487 g/mol. The van der Waals surface area contributed by atoms with Gasteiger partial charge >= 0.3 is 5.97 Å². The van der Waals surface area contributed by atoms with Crippen LogP contribution in [0.5, 0.6) is 0 Å². The van der Waals surface area contributed by atoms with E-state index in [9.17, 15) is 19.7 Å². The number of halogens is 2. The third-order valence-electron chi connectivity index (χ3n) is 4.28. The SMILES string of the molecule is O=C(O[C@@H](C(=O)c1ccccc1)[C@@H](Br)c1cccc([N+](=O)[O-])c1)c1cccc(Cl)c1. The highest BCUT2D eigenvalue weighted by Crippen LogP contribution is 2.33. The Balaban J connectivity index is 1.96. The first-order valence-corrected chi connectivity index (χ1v) is 10.1. The highest BCUT2D eigenvalue weighted by atomic mass is 79.9. The zero-order valence-corrected chi connectivity index (χ0v) is 17.7. The highest BCUT2D eigenvalue weighted by Gasteiger charge is 2.33. The number of nitro benzene ring substituents is 1. The van der Waals surface area contributed by atoms with Crippen molar-refractivity contribution in [1.82, 2.24) is 0 Å². The first kappa shape index (κ1) is 21.7. The lowest BCUT2D eigenvalue weighted by Crippen LogP contribution is -2.31. The molecule has 0 heterocycles. The molecule has 0 unspecified atom stereocenters. The van der Waals surface area contributed by atoms with Crippen molar-refractivity contribution in [3.63, 3.8) is 0 Å². The van der Waals surface area contributed by atoms with Crippen LogP contribution < -0.4 is 0 Å². The van der Waals surface area contributed by atoms with Gasteiger partial charge < -0.3 is 4.74 Å². The van der Waals surface area contributed by atoms with Crippen LogP contribution in [0.25, 0.3) is 0 Å². The summed E-state index contributed by atoms with van der Waals surface area (Å²) in [6.07, 6.45) is -1.26. The first-order valence-electron chi connectivity index (χ1n) is 8.81. The molecule has 0 radical (unpaired) electrons. The topological polar surface area (TPSA) is 86.5 Å². The quantitative estimate of drug-likeness (QED) is 0.138. The molecular weight excluding hydrogens is 474 g/mol. The van der Waals surface area contributed by atoms with E-state index in [4.69, 9.17) is 16.3 Å². The number of non-ortho nitro benzene ring substituents is 1. The number of nitro groups is 1. The molecule has 0 bridgehead atoms. The van der Waals surface area contributed by atoms with E-state index in [2.05, 4.69) is 15.9 Å². The Morgan fingerprint density at radius 1 is 0.933 bits per heavy atom. The average molecular weight is 489 g/mol. The van der Waals surface area contributed by atoms with E-state index in [-0.39, 0.29) is 11.3 Å². The van der Waals surface area contributed by atoms with Gasteiger partial charge in [-0.15, -0.1) is 0 Å². The molecule has 0 spiro atoms. The number of alkyl halides is 1. The molecule has 3 aromatic rings. The molecule has 8 heteroatoms. The zero-order valence-electron chi connectivity index (χ0n) is 15.4. The van der Waals surface area contributed by atoms with Gasteiger partial charge in [0.05, 0.1) is 15.3 Å². The van der Waals surface area contributed by atoms with Gasteiger partial charge in [-0.2, -0.15) is 0 Å². The zero-order chi connectivity index (χ0) is 21.7. The molecule has 3 rings (SSSR count). The van der Waals surface area contributed by atoms with Crippen molar-refractivity contribution in [2.24, 2.45) is 0 Å². The number of benzene rings is 3. The molecule has 0 fully saturated rings. The number of Topliss-reactive ketones (excluding diaryl/α,β-unsaturated/α-hetero) is 1. The molecule has 0 N–H and O–H groups in total. The summed E-state index contributed by atoms with van der Waals surface area (Å²) in [7, 11) is 0. The molecule has 0 aliphatic carbocycles. The van der Waals surface area contributed by atoms with Gasteiger partial charge in [0.15, 0.2) is 6.10 Å². The second-order valence-corrected chi connectivity index (χ2v) is 7.74. The molecule has 0 aromatic heterocycles. The number of nitrogens with zero attached hydrogens (tertiary/aromatic N) is 1. The van der Waals surface area contributed by atoms with Gasteiger partial charge in [-0.25, -0.2) is 4.79 Å². The van der Waals surface area contributed by atoms with E-state index in [1.54, 1.807) is 48.5 Å². The fourth-order valence-electron chi connectivity index (χ4n) is 2.80. The molecule has 0 amide bonds. The van der Waals surface area contributed by atoms with Gasteiger partial charge in [-0.1, -0.05) is 76.1 Å². The van der Waals surface area contributed by atoms with Crippen LogP contribution in [-0.2, 0) is 4.74 Å². The minimum atomic E-state index is -1.26. The van der Waals surface area contributed by atoms with Crippen molar-refractivity contribution >= 4 is 45.0 Å². The van der Waals surface area contributed by atoms with Gasteiger partial charge in [0.1, 0.15) is 0 Å². The molecule has 6 nitrogen and oxygen atoms in total. The Morgan fingerprint density at radius 2 is 1.60 bits per heavy atom. The van der Waals surface area contributed by atoms with Crippen LogP contribution in [0.15, 0.2) is 78.9 Å². The van der Waals surface area contributed by atoms with E-state index in [1.165, 1.54) is 30.3 Å². The number of hydrogen-bond acceptors (Lipinski definition) is 5. The molecule has 0 aliphatic heterocycles. The molecular formula is C22H15BrClNO5. The molecule has 0 aliphatic rings. The third-order valence-corrected chi connectivity index (χ3v) is 5.52. The van der Waals surface area contributed by atoms with Crippen molar-refractivity contribution in [3.05, 3.63) is 111 Å². The van der Waals surface area contributed by atoms with Crippen molar-refractivity contribution < 1.29 is 19.2 Å². The number of ketones is 1. The maximum Gasteiger partial charge on any atom is 0.338 e. The minimum Gasteiger partial charge on any atom is -0.449 e. The number of esters is 1. The van der Waals surface area contributed by atoms with Gasteiger partial charge in [0.25, 0.3) is 5.69 Å². The third kappa shape index (κ3) is 5.11. The van der Waals surface area contributed by atoms with Crippen molar-refractivity contribution in [1.29, 1.82) is 0 Å². The van der Waals surface area contributed by atoms with Gasteiger partial charge in [-0.3, -0.25) is 14.9 Å². The van der Waals surface area contributed by atoms with Crippen LogP contribution in [0.4, 0.5) is 5.69 Å². The fraction of sp³-hybridized carbons (Fsp3) is 0.0909. The second kappa shape index (κ2) is 9.65. The summed E-state index contributed by atoms with van der Waals surface area (Å²) >= 11 is 9.34. The Kier molecular flexibility index (Phi) is 6.97. The van der Waals surface area contributed by atoms with Crippen LogP contribution in [0.3, 0.4) is 0 Å². The van der Waals surface area contributed by atoms with Crippen molar-refractivity contribution in [3.8, 4) is 0 Å². The van der Waals surface area contributed by atoms with Crippen LogP contribution >= 0.6 is 27.5 Å². The Bertz CT molecular complexity index is 1090. The Morgan fingerprint density at radius 3 is 2.27 bits per heavy atom. The van der Waals surface area contributed by atoms with E-state index in [0.29, 0.717) is 16.1 Å². The number of ether oxygens (including phenoxy) is 1. The lowest BCUT2D eigenvalue weighted by atomic mass is 9.99. The van der Waals surface area contributed by atoms with Gasteiger partial charge in [0, 0.05) is 22.7 Å². The maximum absolute atomic E-state index is 13.1. The lowest BCUT2D eigenvalue weighted by molar-refractivity contribution is -0.384. The molecule has 30 heavy (non-hydrogen) atoms. The van der Waals surface area contributed by atoms with Crippen LogP contribution in [-0.4, -0.2) is 22.8 Å². The highest BCUT2D eigenvalue weighted by molar-refractivity contribution is 9.09. The number of carbonyl (C=O) groups is 2. The van der Waals surface area contributed by atoms with Gasteiger partial charge in [-0.05, 0) is 23.8 Å². The summed E-state index contributed by atoms with van der Waals surface area (Å²) in [4.78, 5) is 35.6. The molecule has 0 saturated heterocycles. The summed E-state index contributed by atoms with van der Waals surface area (Å²) in [6, 6.07) is 20.3. The standard InChI is InChI=1S/C22H15BrClNO5/c23-19(15-8-5-11-18(13-15)25(28)29)21(20(26)14-6-2-1-3-7-14)30-22(27)16-9-4-10-17(24)12-16/h1-13,19,21H/t19-,21+/m0/s1. The van der Waals surface area contributed by atoms with Gasteiger partial charge in [0.2, 0.25) is 5.78 Å². The van der Waals surface area contributed by atoms with Crippen molar-refractivity contribution in [2.45, 2.75) is 10.9 Å². The molecule has 3 aromatic carbocycles. The number of rotatable bonds is 7. The van der Waals surface area contributed by atoms with E-state index in [0.717, 1.165) is 0 Å². The maximum atomic E-state index is 13.1. The summed E-state index contributed by atoms with van der Waals surface area (Å²) in [5.41, 5.74) is 0.824. The Labute approximate surface area is 185 Å². The fourth-order valence-corrected chi connectivity index (χ4v) is 3.62. The first-order chi connectivity index (χ1) is 14.4.